The molecule has 38 heavy (non-hydrogen) atoms. The number of methoxy groups -OCH3 is 2. The van der Waals surface area contributed by atoms with Gasteiger partial charge in [0.2, 0.25) is 19.9 Å². The lowest BCUT2D eigenvalue weighted by Crippen LogP contribution is -2.56. The molecular formula is C27H24O11. The lowest BCUT2D eigenvalue weighted by atomic mass is 9.89. The lowest BCUT2D eigenvalue weighted by Gasteiger charge is -2.38. The highest BCUT2D eigenvalue weighted by Gasteiger charge is 2.43. The van der Waals surface area contributed by atoms with Crippen molar-refractivity contribution in [2.75, 3.05) is 34.4 Å². The first-order valence-corrected chi connectivity index (χ1v) is 12.1. The van der Waals surface area contributed by atoms with E-state index >= 15 is 0 Å². The average Bonchev–Trinajstić information content (AvgIpc) is 3.68. The molecule has 4 unspecified atom stereocenters. The Balaban J connectivity index is 1.42. The summed E-state index contributed by atoms with van der Waals surface area (Å²) in [5, 5.41) is 12.3. The van der Waals surface area contributed by atoms with Crippen LogP contribution in [0.5, 0.6) is 28.7 Å². The van der Waals surface area contributed by atoms with Gasteiger partial charge in [-0.15, -0.1) is 0 Å². The first-order valence-electron chi connectivity index (χ1n) is 12.1. The summed E-state index contributed by atoms with van der Waals surface area (Å²) in [6, 6.07) is 9.11. The fraction of sp³-hybridized carbons (Fsp3) is 0.370. The smallest absolute Gasteiger partial charge is 0.339 e. The monoisotopic (exact) mass is 524 g/mol. The summed E-state index contributed by atoms with van der Waals surface area (Å²) in [7, 11) is 3.01. The van der Waals surface area contributed by atoms with E-state index in [0.29, 0.717) is 56.2 Å². The van der Waals surface area contributed by atoms with Crippen molar-refractivity contribution in [3.05, 3.63) is 41.5 Å². The molecule has 1 N–H and O–H groups in total. The summed E-state index contributed by atoms with van der Waals surface area (Å²) in [5.41, 5.74) is 2.26. The Morgan fingerprint density at radius 3 is 2.29 bits per heavy atom. The maximum absolute atomic E-state index is 13.2. The third kappa shape index (κ3) is 3.47. The summed E-state index contributed by atoms with van der Waals surface area (Å²) in [4.78, 5) is 13.2. The molecule has 11 heteroatoms. The molecule has 0 bridgehead atoms. The zero-order valence-electron chi connectivity index (χ0n) is 20.6. The van der Waals surface area contributed by atoms with Gasteiger partial charge in [0, 0.05) is 30.7 Å². The van der Waals surface area contributed by atoms with E-state index in [1.807, 2.05) is 18.2 Å². The molecule has 0 saturated carbocycles. The molecule has 0 aliphatic carbocycles. The average molecular weight is 524 g/mol. The summed E-state index contributed by atoms with van der Waals surface area (Å²) >= 11 is 0. The summed E-state index contributed by atoms with van der Waals surface area (Å²) in [6.07, 6.45) is -3.39. The van der Waals surface area contributed by atoms with E-state index in [9.17, 15) is 9.90 Å². The number of ether oxygens (including phenoxy) is 9. The SMILES string of the molecule is COC1COC(Oc2c3c(c(-c4ccc5c(c4)OCO5)c4cc5c(cc24)OCO5)C(=O)OC3)C(O)C1OC. The van der Waals surface area contributed by atoms with E-state index in [0.717, 1.165) is 5.56 Å². The van der Waals surface area contributed by atoms with E-state index in [1.165, 1.54) is 14.2 Å². The summed E-state index contributed by atoms with van der Waals surface area (Å²) in [6.45, 7) is 0.333. The molecule has 0 aromatic heterocycles. The maximum atomic E-state index is 13.2. The van der Waals surface area contributed by atoms with Crippen LogP contribution < -0.4 is 23.7 Å². The topological polar surface area (TPSA) is 120 Å². The van der Waals surface area contributed by atoms with Gasteiger partial charge in [-0.2, -0.15) is 0 Å². The number of aliphatic hydroxyl groups is 1. The van der Waals surface area contributed by atoms with Crippen molar-refractivity contribution >= 4 is 16.7 Å². The van der Waals surface area contributed by atoms with Crippen LogP contribution in [-0.4, -0.2) is 70.1 Å². The van der Waals surface area contributed by atoms with Gasteiger partial charge in [-0.05, 0) is 35.2 Å². The molecular weight excluding hydrogens is 500 g/mol. The van der Waals surface area contributed by atoms with Crippen LogP contribution in [0.2, 0.25) is 0 Å². The third-order valence-corrected chi connectivity index (χ3v) is 7.28. The van der Waals surface area contributed by atoms with Crippen molar-refractivity contribution in [2.24, 2.45) is 0 Å². The summed E-state index contributed by atoms with van der Waals surface area (Å²) < 4.78 is 50.9. The number of hydrogen-bond donors (Lipinski definition) is 1. The van der Waals surface area contributed by atoms with Crippen molar-refractivity contribution in [3.8, 4) is 39.9 Å². The van der Waals surface area contributed by atoms with Crippen molar-refractivity contribution in [1.29, 1.82) is 0 Å². The van der Waals surface area contributed by atoms with Gasteiger partial charge in [0.1, 0.15) is 30.7 Å². The Labute approximate surface area is 216 Å². The number of carbonyl (C=O) groups is 1. The molecule has 198 valence electrons. The van der Waals surface area contributed by atoms with E-state index in [2.05, 4.69) is 0 Å². The molecule has 4 aliphatic rings. The lowest BCUT2D eigenvalue weighted by molar-refractivity contribution is -0.252. The van der Waals surface area contributed by atoms with Gasteiger partial charge in [0.05, 0.1) is 12.2 Å². The van der Waals surface area contributed by atoms with Gasteiger partial charge in [-0.3, -0.25) is 0 Å². The minimum atomic E-state index is -1.16. The molecule has 4 aliphatic heterocycles. The van der Waals surface area contributed by atoms with Crippen LogP contribution in [0, 0.1) is 0 Å². The number of hydrogen-bond acceptors (Lipinski definition) is 11. The molecule has 4 heterocycles. The van der Waals surface area contributed by atoms with Gasteiger partial charge in [-0.25, -0.2) is 4.79 Å². The molecule has 11 nitrogen and oxygen atoms in total. The highest BCUT2D eigenvalue weighted by atomic mass is 16.7. The fourth-order valence-corrected chi connectivity index (χ4v) is 5.43. The normalized spacial score (nSPS) is 25.0. The maximum Gasteiger partial charge on any atom is 0.339 e. The van der Waals surface area contributed by atoms with E-state index < -0.39 is 30.6 Å². The van der Waals surface area contributed by atoms with Crippen LogP contribution in [0.1, 0.15) is 15.9 Å². The van der Waals surface area contributed by atoms with Crippen molar-refractivity contribution in [3.63, 3.8) is 0 Å². The van der Waals surface area contributed by atoms with Crippen LogP contribution in [0.4, 0.5) is 0 Å². The number of esters is 1. The predicted octanol–water partition coefficient (Wildman–Crippen LogP) is 2.76. The number of aliphatic hydroxyl groups excluding tert-OH is 1. The van der Waals surface area contributed by atoms with Gasteiger partial charge in [0.25, 0.3) is 0 Å². The fourth-order valence-electron chi connectivity index (χ4n) is 5.43. The quantitative estimate of drug-likeness (QED) is 0.496. The van der Waals surface area contributed by atoms with Crippen LogP contribution in [0.25, 0.3) is 21.9 Å². The minimum Gasteiger partial charge on any atom is -0.461 e. The Bertz CT molecular complexity index is 1450. The largest absolute Gasteiger partial charge is 0.461 e. The second-order valence-corrected chi connectivity index (χ2v) is 9.24. The van der Waals surface area contributed by atoms with Crippen molar-refractivity contribution in [2.45, 2.75) is 31.2 Å². The van der Waals surface area contributed by atoms with E-state index in [1.54, 1.807) is 12.1 Å². The molecule has 0 spiro atoms. The minimum absolute atomic E-state index is 0.0113. The van der Waals surface area contributed by atoms with Crippen LogP contribution in [-0.2, 0) is 25.6 Å². The highest BCUT2D eigenvalue weighted by molar-refractivity contribution is 6.14. The van der Waals surface area contributed by atoms with Gasteiger partial charge in [0.15, 0.2) is 23.0 Å². The van der Waals surface area contributed by atoms with Gasteiger partial charge < -0.3 is 47.7 Å². The Morgan fingerprint density at radius 1 is 0.842 bits per heavy atom. The van der Waals surface area contributed by atoms with Crippen molar-refractivity contribution in [1.82, 2.24) is 0 Å². The number of carbonyl (C=O) groups excluding carboxylic acids is 1. The number of fused-ring (bicyclic) bond motifs is 4. The molecule has 0 amide bonds. The van der Waals surface area contributed by atoms with Gasteiger partial charge >= 0.3 is 5.97 Å². The molecule has 1 fully saturated rings. The Kier molecular flexibility index (Phi) is 5.48. The van der Waals surface area contributed by atoms with Crippen LogP contribution in [0.15, 0.2) is 30.3 Å². The van der Waals surface area contributed by atoms with E-state index in [4.69, 9.17) is 42.6 Å². The molecule has 7 rings (SSSR count). The zero-order valence-corrected chi connectivity index (χ0v) is 20.6. The van der Waals surface area contributed by atoms with Crippen LogP contribution >= 0.6 is 0 Å². The number of rotatable bonds is 5. The number of cyclic esters (lactones) is 1. The predicted molar refractivity (Wildman–Crippen MR) is 129 cm³/mol. The zero-order chi connectivity index (χ0) is 26.0. The molecule has 0 radical (unpaired) electrons. The highest BCUT2D eigenvalue weighted by Crippen LogP contribution is 2.50. The molecule has 3 aromatic carbocycles. The van der Waals surface area contributed by atoms with Crippen LogP contribution in [0.3, 0.4) is 0 Å². The molecule has 3 aromatic rings. The standard InChI is InChI=1S/C27H24O11/c1-30-20-9-33-27(23(28)25(20)31-2)38-24-14-7-19-18(36-11-37-19)6-13(14)21(22-15(24)8-32-26(22)29)12-3-4-16-17(5-12)35-10-34-16/h3-7,20,23,25,27-28H,8-11H2,1-2H3. The second-order valence-electron chi connectivity index (χ2n) is 9.24. The van der Waals surface area contributed by atoms with E-state index in [-0.39, 0.29) is 26.8 Å². The summed E-state index contributed by atoms with van der Waals surface area (Å²) in [5.74, 6) is 2.13. The Morgan fingerprint density at radius 2 is 1.55 bits per heavy atom. The third-order valence-electron chi connectivity index (χ3n) is 7.28. The van der Waals surface area contributed by atoms with Gasteiger partial charge in [-0.1, -0.05) is 6.07 Å². The van der Waals surface area contributed by atoms with Crippen molar-refractivity contribution < 1.29 is 52.5 Å². The second kappa shape index (κ2) is 8.91. The Hall–Kier alpha value is -3.77. The first-order chi connectivity index (χ1) is 18.6. The molecule has 1 saturated heterocycles. The first kappa shape index (κ1) is 23.4. The molecule has 4 atom stereocenters. The number of benzene rings is 3.